The van der Waals surface area contributed by atoms with Gasteiger partial charge in [0.1, 0.15) is 0 Å². The number of halogens is 1. The Morgan fingerprint density at radius 1 is 1.11 bits per heavy atom. The normalized spacial score (nSPS) is 10.4. The first-order valence-corrected chi connectivity index (χ1v) is 7.10. The second kappa shape index (κ2) is 6.01. The number of rotatable bonds is 4. The number of hydrogen-bond acceptors (Lipinski definition) is 2. The molecule has 0 atom stereocenters. The molecular weight excluding hydrogens is 288 g/mol. The summed E-state index contributed by atoms with van der Waals surface area (Å²) in [5, 5.41) is 0.870. The number of alkyl halides is 1. The zero-order chi connectivity index (χ0) is 13.0. The molecule has 18 heavy (non-hydrogen) atoms. The number of anilines is 1. The summed E-state index contributed by atoms with van der Waals surface area (Å²) in [5.41, 5.74) is 4.71. The van der Waals surface area contributed by atoms with E-state index >= 15 is 0 Å². The molecule has 1 aromatic heterocycles. The van der Waals surface area contributed by atoms with Gasteiger partial charge < -0.3 is 4.90 Å². The van der Waals surface area contributed by atoms with E-state index in [1.54, 1.807) is 0 Å². The second-order valence-corrected chi connectivity index (χ2v) is 4.95. The highest BCUT2D eigenvalue weighted by atomic mass is 79.9. The van der Waals surface area contributed by atoms with Gasteiger partial charge in [0.15, 0.2) is 0 Å². The monoisotopic (exact) mass is 304 g/mol. The van der Waals surface area contributed by atoms with Gasteiger partial charge in [0.05, 0.1) is 12.2 Å². The maximum Gasteiger partial charge on any atom is 0.0600 e. The van der Waals surface area contributed by atoms with Gasteiger partial charge in [0, 0.05) is 23.8 Å². The van der Waals surface area contributed by atoms with E-state index in [-0.39, 0.29) is 0 Å². The molecule has 0 radical (unpaired) electrons. The number of aryl methyl sites for hydroxylation is 1. The Labute approximate surface area is 117 Å². The number of pyridine rings is 1. The molecule has 3 heteroatoms. The predicted molar refractivity (Wildman–Crippen MR) is 80.2 cm³/mol. The van der Waals surface area contributed by atoms with Crippen LogP contribution in [0.15, 0.2) is 42.5 Å². The second-order valence-electron chi connectivity index (χ2n) is 4.39. The lowest BCUT2D eigenvalue weighted by molar-refractivity contribution is 0.872. The number of nitrogens with zero attached hydrogens (tertiary/aromatic N) is 2. The number of hydrogen-bond donors (Lipinski definition) is 0. The molecule has 0 saturated heterocycles. The highest BCUT2D eigenvalue weighted by Gasteiger charge is 2.07. The fourth-order valence-electron chi connectivity index (χ4n) is 2.01. The van der Waals surface area contributed by atoms with Gasteiger partial charge in [0.25, 0.3) is 0 Å². The van der Waals surface area contributed by atoms with Crippen LogP contribution < -0.4 is 4.90 Å². The van der Waals surface area contributed by atoms with Crippen molar-refractivity contribution in [2.75, 3.05) is 11.9 Å². The lowest BCUT2D eigenvalue weighted by Gasteiger charge is -2.21. The minimum atomic E-state index is 0.825. The molecule has 2 aromatic rings. The van der Waals surface area contributed by atoms with Crippen LogP contribution in [-0.4, -0.2) is 12.0 Å². The molecule has 0 saturated carbocycles. The van der Waals surface area contributed by atoms with Crippen molar-refractivity contribution in [3.63, 3.8) is 0 Å². The van der Waals surface area contributed by atoms with Crippen LogP contribution in [0.4, 0.5) is 5.69 Å². The van der Waals surface area contributed by atoms with Gasteiger partial charge in [-0.3, -0.25) is 4.98 Å². The van der Waals surface area contributed by atoms with Crippen LogP contribution in [0.5, 0.6) is 0 Å². The summed E-state index contributed by atoms with van der Waals surface area (Å²) in [5.74, 6) is 0. The van der Waals surface area contributed by atoms with E-state index in [2.05, 4.69) is 69.3 Å². The molecule has 0 N–H and O–H groups in total. The summed E-state index contributed by atoms with van der Waals surface area (Å²) in [7, 11) is 2.10. The largest absolute Gasteiger partial charge is 0.368 e. The third-order valence-electron chi connectivity index (χ3n) is 2.89. The van der Waals surface area contributed by atoms with E-state index < -0.39 is 0 Å². The summed E-state index contributed by atoms with van der Waals surface area (Å²) >= 11 is 3.53. The molecule has 0 aliphatic heterocycles. The number of para-hydroxylation sites is 1. The van der Waals surface area contributed by atoms with Crippen LogP contribution in [0, 0.1) is 6.92 Å². The minimum Gasteiger partial charge on any atom is -0.368 e. The Balaban J connectivity index is 2.19. The molecule has 2 nitrogen and oxygen atoms in total. The van der Waals surface area contributed by atoms with Crippen molar-refractivity contribution < 1.29 is 0 Å². The van der Waals surface area contributed by atoms with Gasteiger partial charge in [-0.1, -0.05) is 40.2 Å². The van der Waals surface area contributed by atoms with Crippen LogP contribution in [-0.2, 0) is 11.9 Å². The summed E-state index contributed by atoms with van der Waals surface area (Å²) in [6.45, 7) is 2.85. The Bertz CT molecular complexity index is 525. The Morgan fingerprint density at radius 3 is 2.61 bits per heavy atom. The zero-order valence-electron chi connectivity index (χ0n) is 10.7. The first-order chi connectivity index (χ1) is 8.70. The van der Waals surface area contributed by atoms with E-state index in [0.717, 1.165) is 23.3 Å². The van der Waals surface area contributed by atoms with Crippen molar-refractivity contribution in [3.05, 3.63) is 59.4 Å². The topological polar surface area (TPSA) is 16.1 Å². The van der Waals surface area contributed by atoms with E-state index in [1.165, 1.54) is 11.3 Å². The van der Waals surface area contributed by atoms with Crippen molar-refractivity contribution in [1.29, 1.82) is 0 Å². The van der Waals surface area contributed by atoms with Gasteiger partial charge in [-0.2, -0.15) is 0 Å². The number of aromatic nitrogens is 1. The molecule has 2 rings (SSSR count). The maximum atomic E-state index is 4.54. The quantitative estimate of drug-likeness (QED) is 0.796. The SMILES string of the molecule is Cc1cccc(CN(C)c2ccccc2CBr)n1. The molecule has 0 aliphatic carbocycles. The van der Waals surface area contributed by atoms with Crippen LogP contribution in [0.2, 0.25) is 0 Å². The highest BCUT2D eigenvalue weighted by Crippen LogP contribution is 2.22. The van der Waals surface area contributed by atoms with Crippen LogP contribution in [0.1, 0.15) is 17.0 Å². The molecule has 0 bridgehead atoms. The first kappa shape index (κ1) is 13.1. The molecule has 0 spiro atoms. The van der Waals surface area contributed by atoms with Gasteiger partial charge in [-0.15, -0.1) is 0 Å². The van der Waals surface area contributed by atoms with Gasteiger partial charge >= 0.3 is 0 Å². The van der Waals surface area contributed by atoms with E-state index in [1.807, 2.05) is 13.0 Å². The first-order valence-electron chi connectivity index (χ1n) is 5.98. The van der Waals surface area contributed by atoms with E-state index in [4.69, 9.17) is 0 Å². The molecule has 0 aliphatic rings. The number of benzene rings is 1. The summed E-state index contributed by atoms with van der Waals surface area (Å²) in [4.78, 5) is 6.78. The molecule has 1 heterocycles. The van der Waals surface area contributed by atoms with E-state index in [9.17, 15) is 0 Å². The maximum absolute atomic E-state index is 4.54. The lowest BCUT2D eigenvalue weighted by Crippen LogP contribution is -2.18. The van der Waals surface area contributed by atoms with Gasteiger partial charge in [0.2, 0.25) is 0 Å². The summed E-state index contributed by atoms with van der Waals surface area (Å²) < 4.78 is 0. The third kappa shape index (κ3) is 3.10. The smallest absolute Gasteiger partial charge is 0.0600 e. The van der Waals surface area contributed by atoms with Crippen molar-refractivity contribution in [1.82, 2.24) is 4.98 Å². The van der Waals surface area contributed by atoms with Crippen molar-refractivity contribution in [2.24, 2.45) is 0 Å². The van der Waals surface area contributed by atoms with Crippen LogP contribution >= 0.6 is 15.9 Å². The lowest BCUT2D eigenvalue weighted by atomic mass is 10.2. The molecule has 1 aromatic carbocycles. The molecule has 0 amide bonds. The summed E-state index contributed by atoms with van der Waals surface area (Å²) in [6, 6.07) is 14.6. The van der Waals surface area contributed by atoms with Gasteiger partial charge in [-0.25, -0.2) is 0 Å². The Kier molecular flexibility index (Phi) is 4.37. The molecular formula is C15H17BrN2. The average Bonchev–Trinajstić information content (AvgIpc) is 2.38. The average molecular weight is 305 g/mol. The van der Waals surface area contributed by atoms with Crippen LogP contribution in [0.3, 0.4) is 0 Å². The van der Waals surface area contributed by atoms with E-state index in [0.29, 0.717) is 0 Å². The molecule has 94 valence electrons. The van der Waals surface area contributed by atoms with Crippen molar-refractivity contribution in [3.8, 4) is 0 Å². The molecule has 0 fully saturated rings. The molecule has 0 unspecified atom stereocenters. The van der Waals surface area contributed by atoms with Crippen molar-refractivity contribution >= 4 is 21.6 Å². The Hall–Kier alpha value is -1.35. The zero-order valence-corrected chi connectivity index (χ0v) is 12.3. The standard InChI is InChI=1S/C15H17BrN2/c1-12-6-5-8-14(17-12)11-18(2)15-9-4-3-7-13(15)10-16/h3-9H,10-11H2,1-2H3. The predicted octanol–water partition coefficient (Wildman–Crippen LogP) is 3.92. The Morgan fingerprint density at radius 2 is 1.89 bits per heavy atom. The van der Waals surface area contributed by atoms with Crippen molar-refractivity contribution in [2.45, 2.75) is 18.8 Å². The fourth-order valence-corrected chi connectivity index (χ4v) is 2.49. The summed E-state index contributed by atoms with van der Waals surface area (Å²) in [6.07, 6.45) is 0. The van der Waals surface area contributed by atoms with Crippen LogP contribution in [0.25, 0.3) is 0 Å². The third-order valence-corrected chi connectivity index (χ3v) is 3.50. The minimum absolute atomic E-state index is 0.825. The van der Waals surface area contributed by atoms with Gasteiger partial charge in [-0.05, 0) is 30.7 Å². The fraction of sp³-hybridized carbons (Fsp3) is 0.267. The highest BCUT2D eigenvalue weighted by molar-refractivity contribution is 9.08.